The molecule has 0 heterocycles. The number of hydrogen-bond donors (Lipinski definition) is 2. The SMILES string of the molecule is O=C(NC(C1CC1)C1CC1)c1cc(C#CCO)ccc1F. The number of rotatable bonds is 4. The number of amides is 1. The zero-order chi connectivity index (χ0) is 14.8. The quantitative estimate of drug-likeness (QED) is 0.833. The molecular formula is C17H18FNO2. The molecule has 0 unspecified atom stereocenters. The standard InChI is InChI=1S/C17H18FNO2/c18-15-8-3-11(2-1-9-20)10-14(15)17(21)19-16(12-4-5-12)13-6-7-13/h3,8,10,12-13,16,20H,4-7,9H2,(H,19,21). The highest BCUT2D eigenvalue weighted by Crippen LogP contribution is 2.44. The number of benzene rings is 1. The Balaban J connectivity index is 1.76. The molecule has 2 fully saturated rings. The average molecular weight is 287 g/mol. The van der Waals surface area contributed by atoms with Crippen molar-refractivity contribution >= 4 is 5.91 Å². The summed E-state index contributed by atoms with van der Waals surface area (Å²) in [5, 5.41) is 11.7. The smallest absolute Gasteiger partial charge is 0.254 e. The van der Waals surface area contributed by atoms with Crippen LogP contribution < -0.4 is 5.32 Å². The van der Waals surface area contributed by atoms with Crippen molar-refractivity contribution in [3.63, 3.8) is 0 Å². The number of nitrogens with one attached hydrogen (secondary N) is 1. The number of carbonyl (C=O) groups excluding carboxylic acids is 1. The van der Waals surface area contributed by atoms with E-state index in [0.717, 1.165) is 25.7 Å². The molecule has 3 rings (SSSR count). The van der Waals surface area contributed by atoms with E-state index < -0.39 is 5.82 Å². The van der Waals surface area contributed by atoms with Gasteiger partial charge in [-0.05, 0) is 55.7 Å². The molecular weight excluding hydrogens is 269 g/mol. The number of hydrogen-bond acceptors (Lipinski definition) is 2. The molecule has 0 radical (unpaired) electrons. The van der Waals surface area contributed by atoms with Gasteiger partial charge in [0.15, 0.2) is 0 Å². The number of aliphatic hydroxyl groups is 1. The third-order valence-corrected chi connectivity index (χ3v) is 4.08. The van der Waals surface area contributed by atoms with Crippen LogP contribution in [0.4, 0.5) is 4.39 Å². The predicted molar refractivity (Wildman–Crippen MR) is 77.1 cm³/mol. The number of carbonyl (C=O) groups is 1. The lowest BCUT2D eigenvalue weighted by Crippen LogP contribution is -2.38. The van der Waals surface area contributed by atoms with E-state index in [1.165, 1.54) is 18.2 Å². The second-order valence-electron chi connectivity index (χ2n) is 5.83. The third kappa shape index (κ3) is 3.43. The van der Waals surface area contributed by atoms with Crippen molar-refractivity contribution in [2.24, 2.45) is 11.8 Å². The zero-order valence-corrected chi connectivity index (χ0v) is 11.7. The van der Waals surface area contributed by atoms with Crippen LogP contribution in [0.5, 0.6) is 0 Å². The first-order valence-electron chi connectivity index (χ1n) is 7.39. The summed E-state index contributed by atoms with van der Waals surface area (Å²) in [7, 11) is 0. The van der Waals surface area contributed by atoms with Crippen LogP contribution in [-0.4, -0.2) is 23.7 Å². The monoisotopic (exact) mass is 287 g/mol. The lowest BCUT2D eigenvalue weighted by atomic mass is 10.1. The normalized spacial score (nSPS) is 17.3. The second-order valence-corrected chi connectivity index (χ2v) is 5.83. The van der Waals surface area contributed by atoms with Gasteiger partial charge in [0.25, 0.3) is 5.91 Å². The highest BCUT2D eigenvalue weighted by Gasteiger charge is 2.42. The maximum absolute atomic E-state index is 13.9. The largest absolute Gasteiger partial charge is 0.384 e. The lowest BCUT2D eigenvalue weighted by molar-refractivity contribution is 0.0922. The minimum Gasteiger partial charge on any atom is -0.384 e. The Morgan fingerprint density at radius 1 is 1.33 bits per heavy atom. The van der Waals surface area contributed by atoms with Crippen LogP contribution in [0.1, 0.15) is 41.6 Å². The molecule has 2 aliphatic carbocycles. The van der Waals surface area contributed by atoms with Crippen molar-refractivity contribution in [3.05, 3.63) is 35.1 Å². The highest BCUT2D eigenvalue weighted by molar-refractivity contribution is 5.95. The van der Waals surface area contributed by atoms with Gasteiger partial charge in [-0.15, -0.1) is 0 Å². The van der Waals surface area contributed by atoms with Gasteiger partial charge in [0.1, 0.15) is 12.4 Å². The van der Waals surface area contributed by atoms with Crippen molar-refractivity contribution in [2.75, 3.05) is 6.61 Å². The summed E-state index contributed by atoms with van der Waals surface area (Å²) in [4.78, 5) is 12.3. The van der Waals surface area contributed by atoms with E-state index in [1.807, 2.05) is 0 Å². The minimum absolute atomic E-state index is 0.0334. The predicted octanol–water partition coefficient (Wildman–Crippen LogP) is 2.09. The fourth-order valence-corrected chi connectivity index (χ4v) is 2.68. The van der Waals surface area contributed by atoms with Crippen molar-refractivity contribution in [2.45, 2.75) is 31.7 Å². The first-order valence-corrected chi connectivity index (χ1v) is 7.39. The van der Waals surface area contributed by atoms with Crippen molar-refractivity contribution in [1.82, 2.24) is 5.32 Å². The van der Waals surface area contributed by atoms with Crippen LogP contribution in [-0.2, 0) is 0 Å². The Bertz CT molecular complexity index is 597. The van der Waals surface area contributed by atoms with E-state index in [1.54, 1.807) is 0 Å². The summed E-state index contributed by atoms with van der Waals surface area (Å²) < 4.78 is 13.9. The van der Waals surface area contributed by atoms with Crippen LogP contribution in [0.3, 0.4) is 0 Å². The van der Waals surface area contributed by atoms with Gasteiger partial charge >= 0.3 is 0 Å². The van der Waals surface area contributed by atoms with Gasteiger partial charge in [-0.2, -0.15) is 0 Å². The summed E-state index contributed by atoms with van der Waals surface area (Å²) in [6.45, 7) is -0.260. The maximum Gasteiger partial charge on any atom is 0.254 e. The van der Waals surface area contributed by atoms with Gasteiger partial charge in [-0.3, -0.25) is 4.79 Å². The molecule has 2 aliphatic rings. The van der Waals surface area contributed by atoms with Crippen molar-refractivity contribution in [3.8, 4) is 11.8 Å². The molecule has 1 amide bonds. The van der Waals surface area contributed by atoms with E-state index in [2.05, 4.69) is 17.2 Å². The van der Waals surface area contributed by atoms with E-state index >= 15 is 0 Å². The summed E-state index contributed by atoms with van der Waals surface area (Å²) >= 11 is 0. The molecule has 4 heteroatoms. The molecule has 0 bridgehead atoms. The molecule has 3 nitrogen and oxygen atoms in total. The first-order chi connectivity index (χ1) is 10.2. The average Bonchev–Trinajstić information content (AvgIpc) is 3.37. The Morgan fingerprint density at radius 3 is 2.57 bits per heavy atom. The molecule has 110 valence electrons. The summed E-state index contributed by atoms with van der Waals surface area (Å²) in [5.74, 6) is 5.44. The molecule has 0 spiro atoms. The van der Waals surface area contributed by atoms with E-state index in [4.69, 9.17) is 5.11 Å². The van der Waals surface area contributed by atoms with Gasteiger partial charge in [0.05, 0.1) is 5.56 Å². The fraction of sp³-hybridized carbons (Fsp3) is 0.471. The highest BCUT2D eigenvalue weighted by atomic mass is 19.1. The van der Waals surface area contributed by atoms with E-state index in [9.17, 15) is 9.18 Å². The van der Waals surface area contributed by atoms with Crippen LogP contribution in [0.2, 0.25) is 0 Å². The van der Waals surface area contributed by atoms with E-state index in [0.29, 0.717) is 17.4 Å². The van der Waals surface area contributed by atoms with Crippen LogP contribution in [0.15, 0.2) is 18.2 Å². The first kappa shape index (κ1) is 14.1. The Kier molecular flexibility index (Phi) is 3.94. The molecule has 2 saturated carbocycles. The molecule has 0 atom stereocenters. The van der Waals surface area contributed by atoms with Crippen molar-refractivity contribution in [1.29, 1.82) is 0 Å². The molecule has 1 aromatic rings. The van der Waals surface area contributed by atoms with Gasteiger partial charge in [-0.25, -0.2) is 4.39 Å². The Labute approximate surface area is 123 Å². The van der Waals surface area contributed by atoms with Crippen LogP contribution in [0, 0.1) is 29.5 Å². The third-order valence-electron chi connectivity index (χ3n) is 4.08. The maximum atomic E-state index is 13.9. The topological polar surface area (TPSA) is 49.3 Å². The summed E-state index contributed by atoms with van der Waals surface area (Å²) in [6, 6.07) is 4.40. The van der Waals surface area contributed by atoms with Crippen LogP contribution >= 0.6 is 0 Å². The van der Waals surface area contributed by atoms with Gasteiger partial charge in [0.2, 0.25) is 0 Å². The Hall–Kier alpha value is -1.86. The van der Waals surface area contributed by atoms with Gasteiger partial charge in [-0.1, -0.05) is 11.8 Å². The minimum atomic E-state index is -0.535. The molecule has 0 saturated heterocycles. The van der Waals surface area contributed by atoms with Crippen LogP contribution in [0.25, 0.3) is 0 Å². The molecule has 0 aliphatic heterocycles. The molecule has 1 aromatic carbocycles. The Morgan fingerprint density at radius 2 is 2.00 bits per heavy atom. The fourth-order valence-electron chi connectivity index (χ4n) is 2.68. The molecule has 2 N–H and O–H groups in total. The van der Waals surface area contributed by atoms with E-state index in [-0.39, 0.29) is 24.1 Å². The lowest BCUT2D eigenvalue weighted by Gasteiger charge is -2.18. The molecule has 21 heavy (non-hydrogen) atoms. The van der Waals surface area contributed by atoms with Gasteiger partial charge in [0, 0.05) is 11.6 Å². The van der Waals surface area contributed by atoms with Crippen molar-refractivity contribution < 1.29 is 14.3 Å². The summed E-state index contributed by atoms with van der Waals surface area (Å²) in [6.07, 6.45) is 4.63. The summed E-state index contributed by atoms with van der Waals surface area (Å²) in [5.41, 5.74) is 0.566. The number of aliphatic hydroxyl groups excluding tert-OH is 1. The zero-order valence-electron chi connectivity index (χ0n) is 11.7. The number of halogens is 1. The second kappa shape index (κ2) is 5.87. The van der Waals surface area contributed by atoms with Gasteiger partial charge < -0.3 is 10.4 Å². The molecule has 0 aromatic heterocycles.